The summed E-state index contributed by atoms with van der Waals surface area (Å²) >= 11 is 1.77. The Labute approximate surface area is 225 Å². The first-order valence-electron chi connectivity index (χ1n) is 13.4. The number of piperidine rings is 1. The number of nitrogens with zero attached hydrogens (tertiary/aromatic N) is 2. The zero-order valence-electron chi connectivity index (χ0n) is 24.0. The number of hydrogen-bond acceptors (Lipinski definition) is 5. The molecule has 4 nitrogen and oxygen atoms in total. The van der Waals surface area contributed by atoms with Gasteiger partial charge >= 0.3 is 0 Å². The molecule has 0 atom stereocenters. The lowest BCUT2D eigenvalue weighted by molar-refractivity contribution is 0.244. The molecule has 36 heavy (non-hydrogen) atoms. The van der Waals surface area contributed by atoms with E-state index in [9.17, 15) is 0 Å². The zero-order valence-corrected chi connectivity index (χ0v) is 24.8. The van der Waals surface area contributed by atoms with E-state index in [0.717, 1.165) is 74.0 Å². The smallest absolute Gasteiger partial charge is 0.133 e. The van der Waals surface area contributed by atoms with E-state index in [1.54, 1.807) is 11.8 Å². The Bertz CT molecular complexity index is 930. The Balaban J connectivity index is 1.98. The molecule has 2 rings (SSSR count). The van der Waals surface area contributed by atoms with Crippen LogP contribution in [0.15, 0.2) is 75.7 Å². The molecule has 2 aliphatic rings. The second kappa shape index (κ2) is 14.0. The topological polar surface area (TPSA) is 39.7 Å². The lowest BCUT2D eigenvalue weighted by Crippen LogP contribution is -2.34. The van der Waals surface area contributed by atoms with E-state index in [0.29, 0.717) is 5.92 Å². The van der Waals surface area contributed by atoms with Gasteiger partial charge in [0, 0.05) is 42.3 Å². The van der Waals surface area contributed by atoms with Gasteiger partial charge in [-0.15, -0.1) is 11.8 Å². The van der Waals surface area contributed by atoms with Gasteiger partial charge in [-0.05, 0) is 81.6 Å². The van der Waals surface area contributed by atoms with Crippen molar-refractivity contribution in [1.82, 2.24) is 15.5 Å². The maximum atomic E-state index is 4.94. The lowest BCUT2D eigenvalue weighted by Gasteiger charge is -2.35. The summed E-state index contributed by atoms with van der Waals surface area (Å²) in [6, 6.07) is 0. The Morgan fingerprint density at radius 2 is 1.83 bits per heavy atom. The van der Waals surface area contributed by atoms with Crippen molar-refractivity contribution in [2.45, 2.75) is 80.6 Å². The molecule has 0 spiro atoms. The minimum absolute atomic E-state index is 0.258. The molecule has 0 aliphatic carbocycles. The highest BCUT2D eigenvalue weighted by atomic mass is 32.2. The predicted octanol–water partition coefficient (Wildman–Crippen LogP) is 7.92. The van der Waals surface area contributed by atoms with Crippen molar-refractivity contribution < 1.29 is 0 Å². The van der Waals surface area contributed by atoms with Crippen LogP contribution in [-0.2, 0) is 0 Å². The van der Waals surface area contributed by atoms with Gasteiger partial charge < -0.3 is 15.5 Å². The van der Waals surface area contributed by atoms with Crippen LogP contribution >= 0.6 is 11.8 Å². The highest BCUT2D eigenvalue weighted by Gasteiger charge is 2.23. The van der Waals surface area contributed by atoms with Crippen molar-refractivity contribution in [2.75, 3.05) is 25.5 Å². The molecule has 0 amide bonds. The standard InChI is InChI=1S/C31H50N4S/c1-22(2)34-30(25(5)26(6)33-21-36-24(4)20-31(8,9)10)35-18-15-28(16-19-35)23(3)13-14-29-12-11-17-32-27(29)7/h13-14,28,32-33H,3-4,6,11-12,15-21H2,1-2,5,7-10H3/b14-13-,30-25+. The highest BCUT2D eigenvalue weighted by molar-refractivity contribution is 8.03. The first-order valence-corrected chi connectivity index (χ1v) is 14.4. The van der Waals surface area contributed by atoms with E-state index < -0.39 is 0 Å². The second-order valence-electron chi connectivity index (χ2n) is 11.6. The lowest BCUT2D eigenvalue weighted by atomic mass is 9.89. The molecule has 0 bridgehead atoms. The van der Waals surface area contributed by atoms with Crippen LogP contribution in [0, 0.1) is 11.3 Å². The third-order valence-corrected chi connectivity index (χ3v) is 7.56. The molecule has 2 aliphatic heterocycles. The van der Waals surface area contributed by atoms with Gasteiger partial charge in [0.1, 0.15) is 5.82 Å². The van der Waals surface area contributed by atoms with Gasteiger partial charge in [0.2, 0.25) is 0 Å². The van der Waals surface area contributed by atoms with E-state index in [2.05, 4.69) is 95.9 Å². The quantitative estimate of drug-likeness (QED) is 0.168. The first-order chi connectivity index (χ1) is 16.9. The Morgan fingerprint density at radius 1 is 1.17 bits per heavy atom. The SMILES string of the molecule is C=C(CC(C)(C)C)SCNC(=C)/C(C)=C(\N=C(C)C)N1CCC(C(=C)/C=C\C2=C(C)NCCC2)CC1. The minimum atomic E-state index is 0.258. The normalized spacial score (nSPS) is 18.0. The van der Waals surface area contributed by atoms with Crippen molar-refractivity contribution in [1.29, 1.82) is 0 Å². The molecule has 0 unspecified atom stereocenters. The summed E-state index contributed by atoms with van der Waals surface area (Å²) in [7, 11) is 0. The monoisotopic (exact) mass is 510 g/mol. The largest absolute Gasteiger partial charge is 0.388 e. The molecule has 5 heteroatoms. The number of thioether (sulfide) groups is 1. The summed E-state index contributed by atoms with van der Waals surface area (Å²) in [6.45, 7) is 31.2. The Kier molecular flexibility index (Phi) is 11.7. The fraction of sp³-hybridized carbons (Fsp3) is 0.581. The number of likely N-dealkylation sites (tertiary alicyclic amines) is 1. The van der Waals surface area contributed by atoms with Crippen molar-refractivity contribution in [3.05, 3.63) is 70.7 Å². The van der Waals surface area contributed by atoms with E-state index >= 15 is 0 Å². The summed E-state index contributed by atoms with van der Waals surface area (Å²) in [6.07, 6.45) is 10.1. The van der Waals surface area contributed by atoms with E-state index in [1.165, 1.54) is 28.2 Å². The Morgan fingerprint density at radius 3 is 2.42 bits per heavy atom. The van der Waals surface area contributed by atoms with Crippen molar-refractivity contribution in [2.24, 2.45) is 16.3 Å². The molecule has 0 aromatic heterocycles. The van der Waals surface area contributed by atoms with Crippen LogP contribution in [0.3, 0.4) is 0 Å². The first kappa shape index (κ1) is 30.1. The summed E-state index contributed by atoms with van der Waals surface area (Å²) < 4.78 is 0. The maximum Gasteiger partial charge on any atom is 0.133 e. The van der Waals surface area contributed by atoms with Gasteiger partial charge in [-0.2, -0.15) is 0 Å². The summed E-state index contributed by atoms with van der Waals surface area (Å²) in [5.41, 5.74) is 7.34. The van der Waals surface area contributed by atoms with E-state index in [-0.39, 0.29) is 5.41 Å². The summed E-state index contributed by atoms with van der Waals surface area (Å²) in [5, 5.41) is 6.96. The average molecular weight is 511 g/mol. The van der Waals surface area contributed by atoms with Crippen LogP contribution < -0.4 is 10.6 Å². The van der Waals surface area contributed by atoms with Crippen LogP contribution in [0.2, 0.25) is 0 Å². The van der Waals surface area contributed by atoms with Crippen LogP contribution in [0.25, 0.3) is 0 Å². The molecule has 2 heterocycles. The van der Waals surface area contributed by atoms with Gasteiger partial charge in [-0.25, -0.2) is 4.99 Å². The maximum absolute atomic E-state index is 4.94. The molecule has 1 fully saturated rings. The minimum Gasteiger partial charge on any atom is -0.388 e. The molecule has 1 saturated heterocycles. The van der Waals surface area contributed by atoms with Crippen molar-refractivity contribution >= 4 is 17.5 Å². The van der Waals surface area contributed by atoms with Crippen LogP contribution in [0.5, 0.6) is 0 Å². The Hall–Kier alpha value is -2.14. The van der Waals surface area contributed by atoms with Gasteiger partial charge in [0.25, 0.3) is 0 Å². The third kappa shape index (κ3) is 10.1. The molecular weight excluding hydrogens is 460 g/mol. The van der Waals surface area contributed by atoms with E-state index in [4.69, 9.17) is 4.99 Å². The molecule has 200 valence electrons. The summed E-state index contributed by atoms with van der Waals surface area (Å²) in [4.78, 5) is 8.56. The molecule has 0 radical (unpaired) electrons. The number of nitrogens with one attached hydrogen (secondary N) is 2. The van der Waals surface area contributed by atoms with Gasteiger partial charge in [-0.3, -0.25) is 0 Å². The fourth-order valence-electron chi connectivity index (χ4n) is 4.61. The number of rotatable bonds is 11. The van der Waals surface area contributed by atoms with Gasteiger partial charge in [-0.1, -0.05) is 58.2 Å². The molecular formula is C31H50N4S. The molecule has 0 aromatic carbocycles. The van der Waals surface area contributed by atoms with Crippen LogP contribution in [0.1, 0.15) is 80.6 Å². The van der Waals surface area contributed by atoms with Gasteiger partial charge in [0.05, 0.1) is 5.88 Å². The molecule has 2 N–H and O–H groups in total. The van der Waals surface area contributed by atoms with Crippen molar-refractivity contribution in [3.63, 3.8) is 0 Å². The molecule has 0 aromatic rings. The number of allylic oxidation sites excluding steroid dienone is 7. The van der Waals surface area contributed by atoms with Crippen LogP contribution in [-0.4, -0.2) is 36.1 Å². The van der Waals surface area contributed by atoms with Crippen molar-refractivity contribution in [3.8, 4) is 0 Å². The number of aliphatic imine (C=N–C) groups is 1. The van der Waals surface area contributed by atoms with E-state index in [1.807, 2.05) is 0 Å². The molecule has 0 saturated carbocycles. The van der Waals surface area contributed by atoms with Gasteiger partial charge in [0.15, 0.2) is 0 Å². The zero-order chi connectivity index (χ0) is 26.9. The van der Waals surface area contributed by atoms with Crippen LogP contribution in [0.4, 0.5) is 0 Å². The fourth-order valence-corrected chi connectivity index (χ4v) is 5.59. The summed E-state index contributed by atoms with van der Waals surface area (Å²) in [5.74, 6) is 2.33. The highest BCUT2D eigenvalue weighted by Crippen LogP contribution is 2.31. The number of hydrogen-bond donors (Lipinski definition) is 2. The third-order valence-electron chi connectivity index (χ3n) is 6.72. The second-order valence-corrected chi connectivity index (χ2v) is 12.7. The average Bonchev–Trinajstić information content (AvgIpc) is 2.80. The predicted molar refractivity (Wildman–Crippen MR) is 162 cm³/mol.